The third-order valence-corrected chi connectivity index (χ3v) is 14.4. The van der Waals surface area contributed by atoms with Gasteiger partial charge in [-0.2, -0.15) is 0 Å². The maximum absolute atomic E-state index is 2.53. The SMILES string of the molecule is c1ccc(-c2ccc(N(c3ccc4c(c3)C3(c5ccccc5-c5ccccc53)c3ccccc3-4)c3cc4cccc5c6ccccc6c6ccccc6c6cccc3c6c45)cc2)cc1. The maximum Gasteiger partial charge on any atom is 0.0726 e. The molecule has 0 bridgehead atoms. The van der Waals surface area contributed by atoms with Crippen LogP contribution in [0.1, 0.15) is 22.3 Å². The van der Waals surface area contributed by atoms with Gasteiger partial charge >= 0.3 is 0 Å². The van der Waals surface area contributed by atoms with E-state index in [0.717, 1.165) is 17.1 Å². The van der Waals surface area contributed by atoms with Crippen LogP contribution in [-0.4, -0.2) is 0 Å². The van der Waals surface area contributed by atoms with E-state index < -0.39 is 5.41 Å². The lowest BCUT2D eigenvalue weighted by Gasteiger charge is -2.32. The summed E-state index contributed by atoms with van der Waals surface area (Å²) in [6.45, 7) is 0. The fourth-order valence-corrected chi connectivity index (χ4v) is 11.9. The monoisotopic (exact) mass is 809 g/mol. The Balaban J connectivity index is 1.10. The van der Waals surface area contributed by atoms with Gasteiger partial charge in [-0.25, -0.2) is 0 Å². The van der Waals surface area contributed by atoms with E-state index in [4.69, 9.17) is 0 Å². The van der Waals surface area contributed by atoms with Crippen molar-refractivity contribution < 1.29 is 0 Å². The zero-order chi connectivity index (χ0) is 41.9. The summed E-state index contributed by atoms with van der Waals surface area (Å²) < 4.78 is 0. The Labute approximate surface area is 371 Å². The zero-order valence-corrected chi connectivity index (χ0v) is 35.0. The molecule has 0 aliphatic heterocycles. The van der Waals surface area contributed by atoms with E-state index >= 15 is 0 Å². The minimum absolute atomic E-state index is 0.459. The van der Waals surface area contributed by atoms with Crippen LogP contribution in [0.15, 0.2) is 237 Å². The van der Waals surface area contributed by atoms with Gasteiger partial charge in [0.2, 0.25) is 0 Å². The molecule has 296 valence electrons. The molecule has 64 heavy (non-hydrogen) atoms. The van der Waals surface area contributed by atoms with E-state index in [1.807, 2.05) is 0 Å². The number of nitrogens with zero attached hydrogens (tertiary/aromatic N) is 1. The molecule has 2 aliphatic rings. The van der Waals surface area contributed by atoms with Gasteiger partial charge in [0.25, 0.3) is 0 Å². The highest BCUT2D eigenvalue weighted by molar-refractivity contribution is 6.34. The fourth-order valence-electron chi connectivity index (χ4n) is 11.9. The van der Waals surface area contributed by atoms with Crippen molar-refractivity contribution in [2.75, 3.05) is 4.90 Å². The molecule has 12 aromatic carbocycles. The molecule has 0 unspecified atom stereocenters. The van der Waals surface area contributed by atoms with E-state index in [0.29, 0.717) is 0 Å². The highest BCUT2D eigenvalue weighted by Crippen LogP contribution is 2.63. The minimum Gasteiger partial charge on any atom is -0.310 e. The summed E-state index contributed by atoms with van der Waals surface area (Å²) in [5.74, 6) is 0. The van der Waals surface area contributed by atoms with Crippen molar-refractivity contribution in [3.63, 3.8) is 0 Å². The van der Waals surface area contributed by atoms with E-state index in [9.17, 15) is 0 Å². The molecule has 0 N–H and O–H groups in total. The van der Waals surface area contributed by atoms with Crippen LogP contribution in [0.3, 0.4) is 0 Å². The molecular formula is C63H39N. The van der Waals surface area contributed by atoms with Crippen LogP contribution < -0.4 is 4.90 Å². The molecule has 0 saturated heterocycles. The summed E-state index contributed by atoms with van der Waals surface area (Å²) >= 11 is 0. The molecule has 0 fully saturated rings. The van der Waals surface area contributed by atoms with Crippen LogP contribution in [-0.2, 0) is 5.41 Å². The molecule has 2 aliphatic carbocycles. The van der Waals surface area contributed by atoms with Gasteiger partial charge in [0.15, 0.2) is 0 Å². The van der Waals surface area contributed by atoms with Crippen molar-refractivity contribution in [2.45, 2.75) is 5.41 Å². The molecule has 0 aromatic heterocycles. The summed E-state index contributed by atoms with van der Waals surface area (Å²) in [5.41, 5.74) is 15.9. The van der Waals surface area contributed by atoms with E-state index in [2.05, 4.69) is 241 Å². The first kappa shape index (κ1) is 35.3. The Morgan fingerprint density at radius 1 is 0.266 bits per heavy atom. The Hall–Kier alpha value is -8.26. The molecule has 0 amide bonds. The molecule has 1 spiro atoms. The maximum atomic E-state index is 2.53. The van der Waals surface area contributed by atoms with Gasteiger partial charge in [-0.05, 0) is 129 Å². The lowest BCUT2D eigenvalue weighted by molar-refractivity contribution is 0.793. The second-order valence-corrected chi connectivity index (χ2v) is 17.5. The van der Waals surface area contributed by atoms with Crippen molar-refractivity contribution in [1.82, 2.24) is 0 Å². The number of fused-ring (bicyclic) bond motifs is 15. The van der Waals surface area contributed by atoms with Crippen molar-refractivity contribution in [2.24, 2.45) is 0 Å². The third-order valence-electron chi connectivity index (χ3n) is 14.4. The van der Waals surface area contributed by atoms with E-state index in [-0.39, 0.29) is 0 Å². The summed E-state index contributed by atoms with van der Waals surface area (Å²) in [4.78, 5) is 2.53. The largest absolute Gasteiger partial charge is 0.310 e. The summed E-state index contributed by atoms with van der Waals surface area (Å²) in [6, 6.07) is 88.6. The lowest BCUT2D eigenvalue weighted by Crippen LogP contribution is -2.26. The van der Waals surface area contributed by atoms with E-state index in [1.54, 1.807) is 0 Å². The summed E-state index contributed by atoms with van der Waals surface area (Å²) in [7, 11) is 0. The predicted octanol–water partition coefficient (Wildman–Crippen LogP) is 16.9. The van der Waals surface area contributed by atoms with Gasteiger partial charge in [-0.15, -0.1) is 0 Å². The first-order valence-corrected chi connectivity index (χ1v) is 22.3. The van der Waals surface area contributed by atoms with Gasteiger partial charge in [0.1, 0.15) is 0 Å². The Morgan fingerprint density at radius 3 is 1.31 bits per heavy atom. The standard InChI is InChI=1S/C63H39N/c1-2-16-40(17-3-1)41-32-34-43(35-33-41)64(44-36-37-52-51-25-10-13-31-58(51)63(59(52)39-44)56-29-11-8-23-49(56)50-24-9-12-30-57(50)63)60-38-42-18-14-26-53-47-21-6-4-19-45(47)46-20-5-7-22-48(46)54-27-15-28-55(60)62(54)61(42)53/h1-39H. The zero-order valence-electron chi connectivity index (χ0n) is 35.0. The Kier molecular flexibility index (Phi) is 7.38. The highest BCUT2D eigenvalue weighted by atomic mass is 15.1. The minimum atomic E-state index is -0.459. The fraction of sp³-hybridized carbons (Fsp3) is 0.0159. The van der Waals surface area contributed by atoms with Crippen molar-refractivity contribution in [1.29, 1.82) is 0 Å². The smallest absolute Gasteiger partial charge is 0.0726 e. The lowest BCUT2D eigenvalue weighted by atomic mass is 9.70. The molecule has 14 rings (SSSR count). The number of rotatable bonds is 4. The van der Waals surface area contributed by atoms with Gasteiger partial charge in [-0.1, -0.05) is 206 Å². The number of hydrogen-bond donors (Lipinski definition) is 0. The molecule has 0 saturated carbocycles. The van der Waals surface area contributed by atoms with Gasteiger partial charge in [0.05, 0.1) is 11.1 Å². The number of anilines is 3. The van der Waals surface area contributed by atoms with Gasteiger partial charge in [0, 0.05) is 22.1 Å². The van der Waals surface area contributed by atoms with Crippen molar-refractivity contribution >= 4 is 70.9 Å². The molecular weight excluding hydrogens is 771 g/mol. The van der Waals surface area contributed by atoms with Gasteiger partial charge in [-0.3, -0.25) is 0 Å². The van der Waals surface area contributed by atoms with Crippen LogP contribution in [0.5, 0.6) is 0 Å². The molecule has 1 heteroatoms. The van der Waals surface area contributed by atoms with Crippen LogP contribution in [0.25, 0.3) is 87.2 Å². The van der Waals surface area contributed by atoms with Gasteiger partial charge < -0.3 is 4.90 Å². The second kappa shape index (κ2) is 13.4. The number of hydrogen-bond acceptors (Lipinski definition) is 1. The summed E-state index contributed by atoms with van der Waals surface area (Å²) in [5, 5.41) is 12.6. The number of benzene rings is 11. The van der Waals surface area contributed by atoms with E-state index in [1.165, 1.54) is 109 Å². The molecule has 0 heterocycles. The Morgan fingerprint density at radius 2 is 0.703 bits per heavy atom. The predicted molar refractivity (Wildman–Crippen MR) is 270 cm³/mol. The van der Waals surface area contributed by atoms with Crippen LogP contribution in [0.4, 0.5) is 17.1 Å². The normalized spacial score (nSPS) is 13.1. The molecule has 0 radical (unpaired) electrons. The Bertz CT molecular complexity index is 3830. The average molecular weight is 810 g/mol. The molecule has 1 nitrogen and oxygen atoms in total. The second-order valence-electron chi connectivity index (χ2n) is 17.5. The topological polar surface area (TPSA) is 3.24 Å². The van der Waals surface area contributed by atoms with Crippen molar-refractivity contribution in [3.05, 3.63) is 259 Å². The highest BCUT2D eigenvalue weighted by Gasteiger charge is 2.51. The third kappa shape index (κ3) is 4.73. The molecule has 12 aromatic rings. The first-order chi connectivity index (χ1) is 31.8. The first-order valence-electron chi connectivity index (χ1n) is 22.3. The average Bonchev–Trinajstić information content (AvgIpc) is 3.83. The quantitative estimate of drug-likeness (QED) is 0.160. The van der Waals surface area contributed by atoms with Crippen molar-refractivity contribution in [3.8, 4) is 33.4 Å². The van der Waals surface area contributed by atoms with Crippen LogP contribution >= 0.6 is 0 Å². The summed E-state index contributed by atoms with van der Waals surface area (Å²) in [6.07, 6.45) is 0. The molecule has 0 atom stereocenters. The van der Waals surface area contributed by atoms with Crippen LogP contribution in [0, 0.1) is 0 Å². The van der Waals surface area contributed by atoms with Crippen LogP contribution in [0.2, 0.25) is 0 Å².